The number of aliphatic carboxylic acids is 1. The van der Waals surface area contributed by atoms with Crippen LogP contribution in [0, 0.1) is 0 Å². The smallest absolute Gasteiger partial charge is 0.305 e. The van der Waals surface area contributed by atoms with Gasteiger partial charge in [-0.05, 0) is 0 Å². The highest BCUT2D eigenvalue weighted by Crippen LogP contribution is 2.03. The SMILES string of the molecule is O=C(O)CC1NC(O)NC1O. The minimum absolute atomic E-state index is 0.217. The molecule has 3 atom stereocenters. The van der Waals surface area contributed by atoms with Crippen molar-refractivity contribution < 1.29 is 20.1 Å². The van der Waals surface area contributed by atoms with Gasteiger partial charge in [0.05, 0.1) is 12.5 Å². The fourth-order valence-corrected chi connectivity index (χ4v) is 0.979. The first-order valence-corrected chi connectivity index (χ1v) is 3.19. The lowest BCUT2D eigenvalue weighted by Gasteiger charge is -2.09. The molecule has 1 saturated heterocycles. The number of nitrogens with one attached hydrogen (secondary N) is 2. The Hall–Kier alpha value is -0.690. The van der Waals surface area contributed by atoms with Gasteiger partial charge in [0.2, 0.25) is 0 Å². The fraction of sp³-hybridized carbons (Fsp3) is 0.800. The molecule has 5 N–H and O–H groups in total. The number of carbonyl (C=O) groups is 1. The van der Waals surface area contributed by atoms with Gasteiger partial charge in [-0.3, -0.25) is 15.4 Å². The van der Waals surface area contributed by atoms with Gasteiger partial charge >= 0.3 is 5.97 Å². The molecule has 0 amide bonds. The second-order valence-corrected chi connectivity index (χ2v) is 2.39. The average Bonchev–Trinajstić information content (AvgIpc) is 2.09. The summed E-state index contributed by atoms with van der Waals surface area (Å²) in [6, 6.07) is -0.623. The summed E-state index contributed by atoms with van der Waals surface area (Å²) in [7, 11) is 0. The van der Waals surface area contributed by atoms with Crippen molar-refractivity contribution in [2.75, 3.05) is 0 Å². The molecule has 0 bridgehead atoms. The van der Waals surface area contributed by atoms with E-state index >= 15 is 0 Å². The zero-order valence-corrected chi connectivity index (χ0v) is 5.69. The van der Waals surface area contributed by atoms with Crippen molar-refractivity contribution in [3.63, 3.8) is 0 Å². The van der Waals surface area contributed by atoms with Gasteiger partial charge in [-0.2, -0.15) is 0 Å². The van der Waals surface area contributed by atoms with E-state index in [1.165, 1.54) is 0 Å². The minimum Gasteiger partial charge on any atom is -0.481 e. The monoisotopic (exact) mass is 162 g/mol. The van der Waals surface area contributed by atoms with Gasteiger partial charge in [-0.25, -0.2) is 0 Å². The van der Waals surface area contributed by atoms with Crippen LogP contribution in [0.3, 0.4) is 0 Å². The Labute approximate surface area is 62.8 Å². The van der Waals surface area contributed by atoms with Crippen LogP contribution in [0.15, 0.2) is 0 Å². The predicted molar refractivity (Wildman–Crippen MR) is 34.3 cm³/mol. The summed E-state index contributed by atoms with van der Waals surface area (Å²) < 4.78 is 0. The summed E-state index contributed by atoms with van der Waals surface area (Å²) in [5.74, 6) is -1.02. The van der Waals surface area contributed by atoms with Gasteiger partial charge in [-0.1, -0.05) is 0 Å². The lowest BCUT2D eigenvalue weighted by molar-refractivity contribution is -0.138. The Balaban J connectivity index is 2.40. The summed E-state index contributed by atoms with van der Waals surface area (Å²) in [6.45, 7) is 0. The highest BCUT2D eigenvalue weighted by molar-refractivity contribution is 5.67. The van der Waals surface area contributed by atoms with Gasteiger partial charge in [0.15, 0.2) is 6.35 Å². The Kier molecular flexibility index (Phi) is 2.40. The van der Waals surface area contributed by atoms with E-state index in [4.69, 9.17) is 15.3 Å². The van der Waals surface area contributed by atoms with Gasteiger partial charge in [0.1, 0.15) is 6.23 Å². The molecule has 0 aromatic carbocycles. The van der Waals surface area contributed by atoms with Crippen molar-refractivity contribution in [1.82, 2.24) is 10.6 Å². The second kappa shape index (κ2) is 3.14. The van der Waals surface area contributed by atoms with Crippen LogP contribution in [-0.4, -0.2) is 39.9 Å². The lowest BCUT2D eigenvalue weighted by Crippen LogP contribution is -2.35. The van der Waals surface area contributed by atoms with Crippen LogP contribution in [0.25, 0.3) is 0 Å². The molecule has 1 rings (SSSR count). The highest BCUT2D eigenvalue weighted by Gasteiger charge is 2.31. The molecule has 3 unspecified atom stereocenters. The van der Waals surface area contributed by atoms with E-state index in [1.54, 1.807) is 0 Å². The number of hydrogen-bond acceptors (Lipinski definition) is 5. The van der Waals surface area contributed by atoms with E-state index < -0.39 is 24.6 Å². The van der Waals surface area contributed by atoms with E-state index in [0.717, 1.165) is 0 Å². The van der Waals surface area contributed by atoms with Crippen molar-refractivity contribution >= 4 is 5.97 Å². The molecule has 1 aliphatic rings. The molecule has 0 spiro atoms. The van der Waals surface area contributed by atoms with Crippen LogP contribution in [0.1, 0.15) is 6.42 Å². The largest absolute Gasteiger partial charge is 0.481 e. The number of aliphatic hydroxyl groups is 2. The summed E-state index contributed by atoms with van der Waals surface area (Å²) in [6.07, 6.45) is -2.24. The standard InChI is InChI=1S/C5H10N2O4/c8-3(9)1-2-4(10)7-5(11)6-2/h2,4-7,10-11H,1H2,(H,8,9). The molecule has 1 heterocycles. The zero-order valence-electron chi connectivity index (χ0n) is 5.69. The molecule has 0 aliphatic carbocycles. The summed E-state index contributed by atoms with van der Waals surface area (Å²) in [5, 5.41) is 30.9. The molecule has 1 fully saturated rings. The number of carboxylic acid groups (broad SMARTS) is 1. The van der Waals surface area contributed by atoms with Crippen LogP contribution in [0.5, 0.6) is 0 Å². The van der Waals surface area contributed by atoms with Crippen molar-refractivity contribution in [3.8, 4) is 0 Å². The maximum absolute atomic E-state index is 10.1. The second-order valence-electron chi connectivity index (χ2n) is 2.39. The van der Waals surface area contributed by atoms with Crippen molar-refractivity contribution in [1.29, 1.82) is 0 Å². The maximum atomic E-state index is 10.1. The number of aliphatic hydroxyl groups excluding tert-OH is 2. The molecular formula is C5H10N2O4. The number of rotatable bonds is 2. The summed E-state index contributed by atoms with van der Waals surface area (Å²) >= 11 is 0. The van der Waals surface area contributed by atoms with Gasteiger partial charge in [-0.15, -0.1) is 0 Å². The third-order valence-electron chi connectivity index (χ3n) is 1.48. The molecule has 0 aromatic rings. The number of hydrogen-bond donors (Lipinski definition) is 5. The first kappa shape index (κ1) is 8.41. The van der Waals surface area contributed by atoms with E-state index in [2.05, 4.69) is 10.6 Å². The van der Waals surface area contributed by atoms with Crippen LogP contribution in [0.4, 0.5) is 0 Å². The van der Waals surface area contributed by atoms with Gasteiger partial charge in [0, 0.05) is 0 Å². The molecule has 64 valence electrons. The molecule has 11 heavy (non-hydrogen) atoms. The normalized spacial score (nSPS) is 37.5. The summed E-state index contributed by atoms with van der Waals surface area (Å²) in [4.78, 5) is 10.1. The van der Waals surface area contributed by atoms with Crippen LogP contribution in [-0.2, 0) is 4.79 Å². The van der Waals surface area contributed by atoms with Gasteiger partial charge < -0.3 is 15.3 Å². The molecule has 0 radical (unpaired) electrons. The zero-order chi connectivity index (χ0) is 8.43. The van der Waals surface area contributed by atoms with Crippen molar-refractivity contribution in [2.24, 2.45) is 0 Å². The Bertz CT molecular complexity index is 163. The Morgan fingerprint density at radius 3 is 2.36 bits per heavy atom. The van der Waals surface area contributed by atoms with E-state index in [0.29, 0.717) is 0 Å². The van der Waals surface area contributed by atoms with Crippen molar-refractivity contribution in [2.45, 2.75) is 25.0 Å². The molecule has 6 heteroatoms. The molecule has 0 saturated carbocycles. The average molecular weight is 162 g/mol. The van der Waals surface area contributed by atoms with Crippen LogP contribution < -0.4 is 10.6 Å². The predicted octanol–water partition coefficient (Wildman–Crippen LogP) is -2.38. The fourth-order valence-electron chi connectivity index (χ4n) is 0.979. The number of carboxylic acids is 1. The topological polar surface area (TPSA) is 102 Å². The third-order valence-corrected chi connectivity index (χ3v) is 1.48. The minimum atomic E-state index is -1.02. The van der Waals surface area contributed by atoms with Gasteiger partial charge in [0.25, 0.3) is 0 Å². The highest BCUT2D eigenvalue weighted by atomic mass is 16.4. The maximum Gasteiger partial charge on any atom is 0.305 e. The van der Waals surface area contributed by atoms with Crippen LogP contribution in [0.2, 0.25) is 0 Å². The molecular weight excluding hydrogens is 152 g/mol. The molecule has 1 aliphatic heterocycles. The molecule has 6 nitrogen and oxygen atoms in total. The Morgan fingerprint density at radius 1 is 1.36 bits per heavy atom. The van der Waals surface area contributed by atoms with E-state index in [1.807, 2.05) is 0 Å². The third kappa shape index (κ3) is 2.12. The molecule has 0 aromatic heterocycles. The Morgan fingerprint density at radius 2 is 2.00 bits per heavy atom. The first-order chi connectivity index (χ1) is 5.09. The van der Waals surface area contributed by atoms with Crippen LogP contribution >= 0.6 is 0 Å². The van der Waals surface area contributed by atoms with E-state index in [9.17, 15) is 4.79 Å². The lowest BCUT2D eigenvalue weighted by atomic mass is 10.2. The first-order valence-electron chi connectivity index (χ1n) is 3.19. The van der Waals surface area contributed by atoms with Crippen molar-refractivity contribution in [3.05, 3.63) is 0 Å². The quantitative estimate of drug-likeness (QED) is 0.311. The van der Waals surface area contributed by atoms with E-state index in [-0.39, 0.29) is 6.42 Å². The summed E-state index contributed by atoms with van der Waals surface area (Å²) in [5.41, 5.74) is 0.